The zero-order valence-corrected chi connectivity index (χ0v) is 9.95. The van der Waals surface area contributed by atoms with Gasteiger partial charge in [0.1, 0.15) is 5.60 Å². The second-order valence-electron chi connectivity index (χ2n) is 4.08. The van der Waals surface area contributed by atoms with E-state index in [-0.39, 0.29) is 6.10 Å². The Bertz CT molecular complexity index is 301. The number of benzene rings is 1. The highest BCUT2D eigenvalue weighted by molar-refractivity contribution is 5.27. The van der Waals surface area contributed by atoms with Crippen LogP contribution < -0.4 is 0 Å². The molecule has 15 heavy (non-hydrogen) atoms. The van der Waals surface area contributed by atoms with Crippen molar-refractivity contribution in [3.63, 3.8) is 0 Å². The molecule has 0 heterocycles. The molecule has 0 aliphatic carbocycles. The molecule has 1 aromatic rings. The number of ether oxygens (including phenoxy) is 1. The third-order valence-corrected chi connectivity index (χ3v) is 3.09. The van der Waals surface area contributed by atoms with E-state index in [0.29, 0.717) is 0 Å². The zero-order valence-electron chi connectivity index (χ0n) is 9.95. The highest BCUT2D eigenvalue weighted by Gasteiger charge is 2.30. The minimum Gasteiger partial charge on any atom is -0.383 e. The van der Waals surface area contributed by atoms with Crippen LogP contribution in [0.4, 0.5) is 0 Å². The molecule has 0 amide bonds. The SMILES string of the molecule is CCc1ccc(C(C)(O)C(C)OC)cc1. The minimum atomic E-state index is -0.930. The van der Waals surface area contributed by atoms with Gasteiger partial charge in [-0.15, -0.1) is 0 Å². The summed E-state index contributed by atoms with van der Waals surface area (Å²) in [4.78, 5) is 0. The third kappa shape index (κ3) is 2.58. The summed E-state index contributed by atoms with van der Waals surface area (Å²) < 4.78 is 5.18. The van der Waals surface area contributed by atoms with Gasteiger partial charge in [-0.1, -0.05) is 31.2 Å². The molecule has 1 rings (SSSR count). The van der Waals surface area contributed by atoms with Gasteiger partial charge in [0.05, 0.1) is 6.10 Å². The van der Waals surface area contributed by atoms with Crippen LogP contribution in [0, 0.1) is 0 Å². The molecule has 2 atom stereocenters. The molecule has 2 heteroatoms. The average Bonchev–Trinajstić information content (AvgIpc) is 2.28. The van der Waals surface area contributed by atoms with E-state index in [0.717, 1.165) is 12.0 Å². The van der Waals surface area contributed by atoms with Crippen LogP contribution in [0.1, 0.15) is 31.9 Å². The average molecular weight is 208 g/mol. The number of hydrogen-bond acceptors (Lipinski definition) is 2. The second-order valence-corrected chi connectivity index (χ2v) is 4.08. The Morgan fingerprint density at radius 3 is 2.27 bits per heavy atom. The van der Waals surface area contributed by atoms with Gasteiger partial charge in [0.25, 0.3) is 0 Å². The molecule has 0 spiro atoms. The van der Waals surface area contributed by atoms with Crippen molar-refractivity contribution in [2.24, 2.45) is 0 Å². The van der Waals surface area contributed by atoms with Crippen molar-refractivity contribution < 1.29 is 9.84 Å². The lowest BCUT2D eigenvalue weighted by atomic mass is 9.90. The van der Waals surface area contributed by atoms with E-state index >= 15 is 0 Å². The first-order chi connectivity index (χ1) is 7.02. The van der Waals surface area contributed by atoms with Crippen LogP contribution in [0.3, 0.4) is 0 Å². The molecule has 0 aliphatic heterocycles. The van der Waals surface area contributed by atoms with Crippen LogP contribution in [-0.2, 0) is 16.8 Å². The number of aliphatic hydroxyl groups is 1. The van der Waals surface area contributed by atoms with Crippen molar-refractivity contribution in [3.8, 4) is 0 Å². The first-order valence-corrected chi connectivity index (χ1v) is 5.37. The van der Waals surface area contributed by atoms with Gasteiger partial charge in [0.2, 0.25) is 0 Å². The van der Waals surface area contributed by atoms with Gasteiger partial charge in [-0.2, -0.15) is 0 Å². The largest absolute Gasteiger partial charge is 0.383 e. The van der Waals surface area contributed by atoms with Crippen molar-refractivity contribution in [1.29, 1.82) is 0 Å². The molecule has 0 saturated carbocycles. The number of rotatable bonds is 4. The third-order valence-electron chi connectivity index (χ3n) is 3.09. The number of methoxy groups -OCH3 is 1. The molecule has 84 valence electrons. The quantitative estimate of drug-likeness (QED) is 0.823. The van der Waals surface area contributed by atoms with Crippen LogP contribution in [0.25, 0.3) is 0 Å². The van der Waals surface area contributed by atoms with Crippen LogP contribution in [-0.4, -0.2) is 18.3 Å². The van der Waals surface area contributed by atoms with Crippen molar-refractivity contribution >= 4 is 0 Å². The fourth-order valence-corrected chi connectivity index (χ4v) is 1.54. The molecule has 2 nitrogen and oxygen atoms in total. The normalized spacial score (nSPS) is 17.1. The molecule has 0 fully saturated rings. The van der Waals surface area contributed by atoms with Crippen LogP contribution in [0.5, 0.6) is 0 Å². The van der Waals surface area contributed by atoms with Gasteiger partial charge >= 0.3 is 0 Å². The minimum absolute atomic E-state index is 0.218. The van der Waals surface area contributed by atoms with Crippen molar-refractivity contribution in [3.05, 3.63) is 35.4 Å². The fraction of sp³-hybridized carbons (Fsp3) is 0.538. The Hall–Kier alpha value is -0.860. The summed E-state index contributed by atoms with van der Waals surface area (Å²) >= 11 is 0. The maximum atomic E-state index is 10.3. The van der Waals surface area contributed by atoms with Crippen LogP contribution in [0.2, 0.25) is 0 Å². The van der Waals surface area contributed by atoms with E-state index in [1.807, 2.05) is 31.2 Å². The first kappa shape index (κ1) is 12.2. The second kappa shape index (κ2) is 4.77. The molecule has 0 saturated heterocycles. The lowest BCUT2D eigenvalue weighted by molar-refractivity contribution is -0.0772. The number of aryl methyl sites for hydroxylation is 1. The summed E-state index contributed by atoms with van der Waals surface area (Å²) in [5.41, 5.74) is 1.25. The lowest BCUT2D eigenvalue weighted by Crippen LogP contribution is -2.35. The van der Waals surface area contributed by atoms with Gasteiger partial charge < -0.3 is 9.84 Å². The van der Waals surface area contributed by atoms with Gasteiger partial charge in [0.15, 0.2) is 0 Å². The summed E-state index contributed by atoms with van der Waals surface area (Å²) in [5, 5.41) is 10.3. The molecule has 1 N–H and O–H groups in total. The highest BCUT2D eigenvalue weighted by atomic mass is 16.5. The van der Waals surface area contributed by atoms with Crippen LogP contribution in [0.15, 0.2) is 24.3 Å². The van der Waals surface area contributed by atoms with Gasteiger partial charge in [0, 0.05) is 7.11 Å². The maximum Gasteiger partial charge on any atom is 0.113 e. The van der Waals surface area contributed by atoms with Crippen molar-refractivity contribution in [2.75, 3.05) is 7.11 Å². The zero-order chi connectivity index (χ0) is 11.5. The predicted molar refractivity (Wildman–Crippen MR) is 61.9 cm³/mol. The Morgan fingerprint density at radius 1 is 1.33 bits per heavy atom. The lowest BCUT2D eigenvalue weighted by Gasteiger charge is -2.29. The molecular weight excluding hydrogens is 188 g/mol. The van der Waals surface area contributed by atoms with E-state index < -0.39 is 5.60 Å². The first-order valence-electron chi connectivity index (χ1n) is 5.37. The molecule has 0 aromatic heterocycles. The Balaban J connectivity index is 2.94. The predicted octanol–water partition coefficient (Wildman–Crippen LogP) is 2.49. The fourth-order valence-electron chi connectivity index (χ4n) is 1.54. The van der Waals surface area contributed by atoms with Gasteiger partial charge in [-0.3, -0.25) is 0 Å². The van der Waals surface area contributed by atoms with Crippen molar-refractivity contribution in [1.82, 2.24) is 0 Å². The van der Waals surface area contributed by atoms with E-state index in [9.17, 15) is 5.11 Å². The van der Waals surface area contributed by atoms with E-state index in [2.05, 4.69) is 6.92 Å². The summed E-state index contributed by atoms with van der Waals surface area (Å²) in [6.45, 7) is 5.76. The molecular formula is C13H20O2. The monoisotopic (exact) mass is 208 g/mol. The summed E-state index contributed by atoms with van der Waals surface area (Å²) in [7, 11) is 1.61. The molecule has 2 unspecified atom stereocenters. The maximum absolute atomic E-state index is 10.3. The summed E-state index contributed by atoms with van der Waals surface area (Å²) in [6.07, 6.45) is 0.799. The van der Waals surface area contributed by atoms with Gasteiger partial charge in [-0.05, 0) is 31.4 Å². The van der Waals surface area contributed by atoms with Crippen LogP contribution >= 0.6 is 0 Å². The summed E-state index contributed by atoms with van der Waals surface area (Å²) in [6, 6.07) is 8.03. The smallest absolute Gasteiger partial charge is 0.113 e. The van der Waals surface area contributed by atoms with E-state index in [1.54, 1.807) is 14.0 Å². The molecule has 1 aromatic carbocycles. The van der Waals surface area contributed by atoms with Gasteiger partial charge in [-0.25, -0.2) is 0 Å². The van der Waals surface area contributed by atoms with E-state index in [4.69, 9.17) is 4.74 Å². The topological polar surface area (TPSA) is 29.5 Å². The van der Waals surface area contributed by atoms with E-state index in [1.165, 1.54) is 5.56 Å². The molecule has 0 bridgehead atoms. The molecule has 0 radical (unpaired) electrons. The molecule has 0 aliphatic rings. The summed E-state index contributed by atoms with van der Waals surface area (Å²) in [5.74, 6) is 0. The number of hydrogen-bond donors (Lipinski definition) is 1. The van der Waals surface area contributed by atoms with Crippen molar-refractivity contribution in [2.45, 2.75) is 38.9 Å². The standard InChI is InChI=1S/C13H20O2/c1-5-11-6-8-12(9-7-11)13(3,14)10(2)15-4/h6-10,14H,5H2,1-4H3. The Kier molecular flexibility index (Phi) is 3.89. The highest BCUT2D eigenvalue weighted by Crippen LogP contribution is 2.26. The Labute approximate surface area is 91.9 Å². The Morgan fingerprint density at radius 2 is 1.87 bits per heavy atom.